The lowest BCUT2D eigenvalue weighted by molar-refractivity contribution is 0.0546. The molecule has 0 atom stereocenters. The molecule has 5 nitrogen and oxygen atoms in total. The molecule has 21 heavy (non-hydrogen) atoms. The van der Waals surface area contributed by atoms with Gasteiger partial charge >= 0.3 is 0 Å². The normalized spacial score (nSPS) is 16.0. The molecular weight excluding hydrogens is 266 g/mol. The van der Waals surface area contributed by atoms with Crippen molar-refractivity contribution < 1.29 is 9.90 Å². The SMILES string of the molecule is CCCN(CC)c1ccc(C(=O)N2CCC(O)CC2)cn1. The lowest BCUT2D eigenvalue weighted by atomic mass is 10.1. The van der Waals surface area contributed by atoms with Crippen LogP contribution in [0, 0.1) is 0 Å². The molecule has 0 unspecified atom stereocenters. The van der Waals surface area contributed by atoms with Crippen molar-refractivity contribution in [3.8, 4) is 0 Å². The predicted octanol–water partition coefficient (Wildman–Crippen LogP) is 1.91. The van der Waals surface area contributed by atoms with Gasteiger partial charge in [0.05, 0.1) is 11.7 Å². The van der Waals surface area contributed by atoms with Gasteiger partial charge in [-0.3, -0.25) is 4.79 Å². The van der Waals surface area contributed by atoms with Crippen LogP contribution in [0.4, 0.5) is 5.82 Å². The summed E-state index contributed by atoms with van der Waals surface area (Å²) >= 11 is 0. The third kappa shape index (κ3) is 3.94. The summed E-state index contributed by atoms with van der Waals surface area (Å²) in [5.74, 6) is 0.935. The van der Waals surface area contributed by atoms with Crippen molar-refractivity contribution >= 4 is 11.7 Å². The van der Waals surface area contributed by atoms with Gasteiger partial charge in [-0.25, -0.2) is 4.98 Å². The molecule has 1 fully saturated rings. The number of likely N-dealkylation sites (tertiary alicyclic amines) is 1. The zero-order chi connectivity index (χ0) is 15.2. The Morgan fingerprint density at radius 2 is 2.10 bits per heavy atom. The van der Waals surface area contributed by atoms with E-state index in [-0.39, 0.29) is 12.0 Å². The van der Waals surface area contributed by atoms with Crippen LogP contribution in [-0.2, 0) is 0 Å². The summed E-state index contributed by atoms with van der Waals surface area (Å²) in [5.41, 5.74) is 0.627. The van der Waals surface area contributed by atoms with E-state index < -0.39 is 0 Å². The minimum absolute atomic E-state index is 0.0134. The van der Waals surface area contributed by atoms with Gasteiger partial charge in [0.2, 0.25) is 0 Å². The van der Waals surface area contributed by atoms with Crippen molar-refractivity contribution in [2.45, 2.75) is 39.2 Å². The van der Waals surface area contributed by atoms with Gasteiger partial charge in [-0.1, -0.05) is 6.92 Å². The Labute approximate surface area is 126 Å². The first-order valence-corrected chi connectivity index (χ1v) is 7.84. The topological polar surface area (TPSA) is 56.7 Å². The van der Waals surface area contributed by atoms with Crippen molar-refractivity contribution in [3.63, 3.8) is 0 Å². The Hall–Kier alpha value is -1.62. The fourth-order valence-electron chi connectivity index (χ4n) is 2.66. The summed E-state index contributed by atoms with van der Waals surface area (Å²) in [5, 5.41) is 9.50. The van der Waals surface area contributed by atoms with E-state index >= 15 is 0 Å². The lowest BCUT2D eigenvalue weighted by Gasteiger charge is -2.29. The van der Waals surface area contributed by atoms with E-state index in [2.05, 4.69) is 23.7 Å². The van der Waals surface area contributed by atoms with E-state index in [1.54, 1.807) is 11.1 Å². The van der Waals surface area contributed by atoms with Crippen molar-refractivity contribution in [2.24, 2.45) is 0 Å². The van der Waals surface area contributed by atoms with Crippen molar-refractivity contribution in [3.05, 3.63) is 23.9 Å². The maximum absolute atomic E-state index is 12.4. The maximum atomic E-state index is 12.4. The average Bonchev–Trinajstić information content (AvgIpc) is 2.53. The van der Waals surface area contributed by atoms with Gasteiger partial charge < -0.3 is 14.9 Å². The molecule has 1 saturated heterocycles. The highest BCUT2D eigenvalue weighted by atomic mass is 16.3. The van der Waals surface area contributed by atoms with Crippen LogP contribution in [-0.4, -0.2) is 53.2 Å². The molecule has 1 aliphatic rings. The van der Waals surface area contributed by atoms with Gasteiger partial charge in [-0.2, -0.15) is 0 Å². The monoisotopic (exact) mass is 291 g/mol. The molecule has 1 aliphatic heterocycles. The molecular formula is C16H25N3O2. The van der Waals surface area contributed by atoms with Gasteiger partial charge in [0.15, 0.2) is 0 Å². The van der Waals surface area contributed by atoms with Crippen LogP contribution in [0.3, 0.4) is 0 Å². The molecule has 0 saturated carbocycles. The molecule has 5 heteroatoms. The Morgan fingerprint density at radius 3 is 2.62 bits per heavy atom. The first-order chi connectivity index (χ1) is 10.2. The second-order valence-corrected chi connectivity index (χ2v) is 5.51. The van der Waals surface area contributed by atoms with Gasteiger partial charge in [0.1, 0.15) is 5.82 Å². The minimum Gasteiger partial charge on any atom is -0.393 e. The van der Waals surface area contributed by atoms with E-state index in [1.165, 1.54) is 0 Å². The fourth-order valence-corrected chi connectivity index (χ4v) is 2.66. The van der Waals surface area contributed by atoms with E-state index in [0.29, 0.717) is 31.5 Å². The third-order valence-corrected chi connectivity index (χ3v) is 3.95. The van der Waals surface area contributed by atoms with Gasteiger partial charge in [0.25, 0.3) is 5.91 Å². The van der Waals surface area contributed by atoms with Gasteiger partial charge in [-0.15, -0.1) is 0 Å². The zero-order valence-electron chi connectivity index (χ0n) is 13.0. The average molecular weight is 291 g/mol. The molecule has 0 aliphatic carbocycles. The Balaban J connectivity index is 2.02. The van der Waals surface area contributed by atoms with Crippen LogP contribution in [0.1, 0.15) is 43.5 Å². The smallest absolute Gasteiger partial charge is 0.255 e. The molecule has 116 valence electrons. The highest BCUT2D eigenvalue weighted by molar-refractivity contribution is 5.94. The van der Waals surface area contributed by atoms with E-state index in [9.17, 15) is 9.90 Å². The number of aliphatic hydroxyl groups excluding tert-OH is 1. The van der Waals surface area contributed by atoms with Crippen molar-refractivity contribution in [1.29, 1.82) is 0 Å². The molecule has 0 aromatic carbocycles. The van der Waals surface area contributed by atoms with Crippen LogP contribution in [0.5, 0.6) is 0 Å². The summed E-state index contributed by atoms with van der Waals surface area (Å²) in [6.07, 6.45) is 3.81. The number of nitrogens with zero attached hydrogens (tertiary/aromatic N) is 3. The largest absolute Gasteiger partial charge is 0.393 e. The second-order valence-electron chi connectivity index (χ2n) is 5.51. The number of carbonyl (C=O) groups excluding carboxylic acids is 1. The highest BCUT2D eigenvalue weighted by Crippen LogP contribution is 2.16. The molecule has 2 heterocycles. The quantitative estimate of drug-likeness (QED) is 0.900. The van der Waals surface area contributed by atoms with E-state index in [4.69, 9.17) is 0 Å². The Morgan fingerprint density at radius 1 is 1.38 bits per heavy atom. The van der Waals surface area contributed by atoms with Gasteiger partial charge in [-0.05, 0) is 38.3 Å². The van der Waals surface area contributed by atoms with Gasteiger partial charge in [0, 0.05) is 32.4 Å². The van der Waals surface area contributed by atoms with Crippen LogP contribution < -0.4 is 4.90 Å². The number of hydrogen-bond donors (Lipinski definition) is 1. The summed E-state index contributed by atoms with van der Waals surface area (Å²) < 4.78 is 0. The fraction of sp³-hybridized carbons (Fsp3) is 0.625. The number of amides is 1. The lowest BCUT2D eigenvalue weighted by Crippen LogP contribution is -2.40. The molecule has 2 rings (SSSR count). The number of rotatable bonds is 5. The number of piperidine rings is 1. The zero-order valence-corrected chi connectivity index (χ0v) is 13.0. The van der Waals surface area contributed by atoms with Crippen LogP contribution >= 0.6 is 0 Å². The first-order valence-electron chi connectivity index (χ1n) is 7.84. The molecule has 1 aromatic rings. The number of aromatic nitrogens is 1. The van der Waals surface area contributed by atoms with Crippen LogP contribution in [0.2, 0.25) is 0 Å². The van der Waals surface area contributed by atoms with Crippen molar-refractivity contribution in [2.75, 3.05) is 31.1 Å². The first kappa shape index (κ1) is 15.8. The second kappa shape index (κ2) is 7.41. The van der Waals surface area contributed by atoms with E-state index in [0.717, 1.165) is 25.3 Å². The summed E-state index contributed by atoms with van der Waals surface area (Å²) in [6, 6.07) is 3.78. The Bertz CT molecular complexity index is 453. The maximum Gasteiger partial charge on any atom is 0.255 e. The molecule has 1 N–H and O–H groups in total. The number of aliphatic hydroxyl groups is 1. The highest BCUT2D eigenvalue weighted by Gasteiger charge is 2.22. The summed E-state index contributed by atoms with van der Waals surface area (Å²) in [7, 11) is 0. The molecule has 0 bridgehead atoms. The number of pyridine rings is 1. The standard InChI is InChI=1S/C16H25N3O2/c1-3-9-18(4-2)15-6-5-13(12-17-15)16(21)19-10-7-14(20)8-11-19/h5-6,12,14,20H,3-4,7-11H2,1-2H3. The number of anilines is 1. The number of carbonyl (C=O) groups is 1. The molecule has 0 spiro atoms. The van der Waals surface area contributed by atoms with Crippen LogP contribution in [0.25, 0.3) is 0 Å². The van der Waals surface area contributed by atoms with E-state index in [1.807, 2.05) is 12.1 Å². The molecule has 1 aromatic heterocycles. The summed E-state index contributed by atoms with van der Waals surface area (Å²) in [4.78, 5) is 20.8. The van der Waals surface area contributed by atoms with Crippen molar-refractivity contribution in [1.82, 2.24) is 9.88 Å². The minimum atomic E-state index is -0.262. The van der Waals surface area contributed by atoms with Crippen LogP contribution in [0.15, 0.2) is 18.3 Å². The Kier molecular flexibility index (Phi) is 5.56. The molecule has 1 amide bonds. The summed E-state index contributed by atoms with van der Waals surface area (Å²) in [6.45, 7) is 7.39. The molecule has 0 radical (unpaired) electrons. The third-order valence-electron chi connectivity index (χ3n) is 3.95. The number of hydrogen-bond acceptors (Lipinski definition) is 4. The predicted molar refractivity (Wildman–Crippen MR) is 83.6 cm³/mol.